The van der Waals surface area contributed by atoms with Crippen LogP contribution in [-0.4, -0.2) is 32.2 Å². The number of rotatable bonds is 3. The van der Waals surface area contributed by atoms with E-state index in [1.807, 2.05) is 0 Å². The molecule has 0 fully saturated rings. The van der Waals surface area contributed by atoms with Crippen molar-refractivity contribution in [2.45, 2.75) is 13.0 Å². The Hall–Kier alpha value is -0.505. The van der Waals surface area contributed by atoms with E-state index in [-0.39, 0.29) is 6.10 Å². The van der Waals surface area contributed by atoms with Gasteiger partial charge in [-0.25, -0.2) is 0 Å². The minimum Gasteiger partial charge on any atom is -0.560 e. The van der Waals surface area contributed by atoms with E-state index < -0.39 is 0 Å². The van der Waals surface area contributed by atoms with E-state index in [1.165, 1.54) is 14.4 Å². The fourth-order valence-corrected chi connectivity index (χ4v) is 0.270. The highest BCUT2D eigenvalue weighted by Gasteiger charge is 1.87. The summed E-state index contributed by atoms with van der Waals surface area (Å²) in [6.07, 6.45) is 0.939. The third-order valence-corrected chi connectivity index (χ3v) is 0.550. The second-order valence-corrected chi connectivity index (χ2v) is 1.56. The second kappa shape index (κ2) is 4.65. The van der Waals surface area contributed by atoms with E-state index in [0.717, 1.165) is 0 Å². The summed E-state index contributed by atoms with van der Waals surface area (Å²) in [7, 11) is 1.52. The van der Waals surface area contributed by atoms with E-state index >= 15 is 0 Å². The van der Waals surface area contributed by atoms with Gasteiger partial charge in [0.2, 0.25) is 0 Å². The lowest BCUT2D eigenvalue weighted by Gasteiger charge is -1.94. The molecule has 0 radical (unpaired) electrons. The van der Waals surface area contributed by atoms with E-state index in [1.54, 1.807) is 6.92 Å². The molecule has 8 heavy (non-hydrogen) atoms. The standard InChI is InChI=1S/C4H10BNO2/c1-4(7)2-6-3-8-5/h3-4,7H,2,5H2,1H3/t4-/m1/s1. The Morgan fingerprint density at radius 2 is 2.62 bits per heavy atom. The molecule has 0 heterocycles. The Balaban J connectivity index is 3.03. The Kier molecular flexibility index (Phi) is 4.36. The number of hydrogen-bond acceptors (Lipinski definition) is 3. The molecule has 0 bridgehead atoms. The summed E-state index contributed by atoms with van der Waals surface area (Å²) >= 11 is 0. The summed E-state index contributed by atoms with van der Waals surface area (Å²) in [4.78, 5) is 3.69. The lowest BCUT2D eigenvalue weighted by Crippen LogP contribution is -2.03. The second-order valence-electron chi connectivity index (χ2n) is 1.56. The summed E-state index contributed by atoms with van der Waals surface area (Å²) in [5, 5.41) is 8.61. The Morgan fingerprint density at radius 3 is 3.00 bits per heavy atom. The predicted molar refractivity (Wildman–Crippen MR) is 34.7 cm³/mol. The minimum atomic E-state index is -0.374. The van der Waals surface area contributed by atoms with Crippen LogP contribution in [0.5, 0.6) is 0 Å². The zero-order chi connectivity index (χ0) is 6.41. The molecule has 0 aliphatic carbocycles. The average molecular weight is 115 g/mol. The van der Waals surface area contributed by atoms with Gasteiger partial charge in [0, 0.05) is 0 Å². The van der Waals surface area contributed by atoms with Crippen LogP contribution in [0.4, 0.5) is 0 Å². The van der Waals surface area contributed by atoms with Crippen LogP contribution in [-0.2, 0) is 4.65 Å². The summed E-state index contributed by atoms with van der Waals surface area (Å²) in [6, 6.07) is 0. The smallest absolute Gasteiger partial charge is 0.323 e. The molecular weight excluding hydrogens is 105 g/mol. The Bertz CT molecular complexity index is 74.4. The molecule has 0 aromatic carbocycles. The van der Waals surface area contributed by atoms with Crippen molar-refractivity contribution in [3.63, 3.8) is 0 Å². The number of aliphatic hydroxyl groups is 1. The molecule has 1 atom stereocenters. The molecule has 0 aliphatic rings. The number of hydrogen-bond donors (Lipinski definition) is 1. The topological polar surface area (TPSA) is 41.8 Å². The van der Waals surface area contributed by atoms with Crippen molar-refractivity contribution in [2.24, 2.45) is 4.99 Å². The van der Waals surface area contributed by atoms with Crippen LogP contribution in [0.3, 0.4) is 0 Å². The molecule has 0 aromatic rings. The summed E-state index contributed by atoms with van der Waals surface area (Å²) < 4.78 is 4.49. The normalized spacial score (nSPS) is 14.2. The molecule has 3 nitrogen and oxygen atoms in total. The van der Waals surface area contributed by atoms with Crippen LogP contribution in [0, 0.1) is 0 Å². The number of aliphatic imine (C=N–C) groups is 1. The first-order chi connectivity index (χ1) is 3.77. The van der Waals surface area contributed by atoms with Gasteiger partial charge in [-0.3, -0.25) is 4.99 Å². The first-order valence-electron chi connectivity index (χ1n) is 2.46. The van der Waals surface area contributed by atoms with Crippen molar-refractivity contribution in [1.82, 2.24) is 0 Å². The summed E-state index contributed by atoms with van der Waals surface area (Å²) in [6.45, 7) is 2.08. The molecule has 0 aromatic heterocycles. The Morgan fingerprint density at radius 1 is 2.00 bits per heavy atom. The van der Waals surface area contributed by atoms with Crippen molar-refractivity contribution < 1.29 is 9.76 Å². The zero-order valence-electron chi connectivity index (χ0n) is 5.16. The molecule has 0 unspecified atom stereocenters. The van der Waals surface area contributed by atoms with Gasteiger partial charge in [0.15, 0.2) is 6.40 Å². The third-order valence-electron chi connectivity index (χ3n) is 0.550. The predicted octanol–water partition coefficient (Wildman–Crippen LogP) is -1.04. The van der Waals surface area contributed by atoms with Gasteiger partial charge in [0.25, 0.3) is 0 Å². The maximum absolute atomic E-state index is 8.61. The maximum Gasteiger partial charge on any atom is 0.323 e. The average Bonchev–Trinajstić information content (AvgIpc) is 1.66. The van der Waals surface area contributed by atoms with Crippen LogP contribution >= 0.6 is 0 Å². The molecule has 46 valence electrons. The van der Waals surface area contributed by atoms with E-state index in [0.29, 0.717) is 6.54 Å². The fraction of sp³-hybridized carbons (Fsp3) is 0.750. The molecule has 0 rings (SSSR count). The van der Waals surface area contributed by atoms with Crippen LogP contribution < -0.4 is 0 Å². The number of nitrogens with zero attached hydrogens (tertiary/aromatic N) is 1. The number of aliphatic hydroxyl groups excluding tert-OH is 1. The molecule has 0 amide bonds. The lowest BCUT2D eigenvalue weighted by molar-refractivity contribution is 0.203. The SMILES string of the molecule is BOC=NC[C@@H](C)O. The van der Waals surface area contributed by atoms with E-state index in [4.69, 9.17) is 5.11 Å². The first kappa shape index (κ1) is 7.49. The van der Waals surface area contributed by atoms with Gasteiger partial charge < -0.3 is 9.76 Å². The molecule has 0 spiro atoms. The van der Waals surface area contributed by atoms with Crippen LogP contribution in [0.1, 0.15) is 6.92 Å². The lowest BCUT2D eigenvalue weighted by atomic mass is 10.4. The minimum absolute atomic E-state index is 0.374. The third kappa shape index (κ3) is 5.49. The van der Waals surface area contributed by atoms with Gasteiger partial charge in [-0.2, -0.15) is 0 Å². The molecular formula is C4H10BNO2. The van der Waals surface area contributed by atoms with Crippen molar-refractivity contribution in [3.8, 4) is 0 Å². The van der Waals surface area contributed by atoms with Gasteiger partial charge in [-0.1, -0.05) is 0 Å². The fourth-order valence-electron chi connectivity index (χ4n) is 0.270. The van der Waals surface area contributed by atoms with Crippen LogP contribution in [0.15, 0.2) is 4.99 Å². The zero-order valence-corrected chi connectivity index (χ0v) is 5.16. The van der Waals surface area contributed by atoms with Crippen molar-refractivity contribution in [3.05, 3.63) is 0 Å². The van der Waals surface area contributed by atoms with Gasteiger partial charge >= 0.3 is 8.05 Å². The van der Waals surface area contributed by atoms with Crippen molar-refractivity contribution >= 4 is 14.4 Å². The Labute approximate surface area is 49.8 Å². The highest BCUT2D eigenvalue weighted by atomic mass is 16.4. The van der Waals surface area contributed by atoms with Gasteiger partial charge in [0.05, 0.1) is 12.6 Å². The van der Waals surface area contributed by atoms with Gasteiger partial charge in [0.1, 0.15) is 0 Å². The van der Waals surface area contributed by atoms with Crippen LogP contribution in [0.2, 0.25) is 0 Å². The molecule has 0 saturated heterocycles. The van der Waals surface area contributed by atoms with Crippen LogP contribution in [0.25, 0.3) is 0 Å². The maximum atomic E-state index is 8.61. The first-order valence-corrected chi connectivity index (χ1v) is 2.46. The van der Waals surface area contributed by atoms with Gasteiger partial charge in [-0.15, -0.1) is 0 Å². The molecule has 0 saturated carbocycles. The quantitative estimate of drug-likeness (QED) is 0.290. The highest BCUT2D eigenvalue weighted by molar-refractivity contribution is 6.02. The van der Waals surface area contributed by atoms with E-state index in [2.05, 4.69) is 9.65 Å². The summed E-state index contributed by atoms with van der Waals surface area (Å²) in [5.74, 6) is 0. The monoisotopic (exact) mass is 115 g/mol. The highest BCUT2D eigenvalue weighted by Crippen LogP contribution is 1.77. The molecule has 1 N–H and O–H groups in total. The summed E-state index contributed by atoms with van der Waals surface area (Å²) in [5.41, 5.74) is 0. The van der Waals surface area contributed by atoms with E-state index in [9.17, 15) is 0 Å². The van der Waals surface area contributed by atoms with Gasteiger partial charge in [-0.05, 0) is 6.92 Å². The molecule has 4 heteroatoms. The van der Waals surface area contributed by atoms with Crippen molar-refractivity contribution in [2.75, 3.05) is 6.54 Å². The van der Waals surface area contributed by atoms with Crippen molar-refractivity contribution in [1.29, 1.82) is 0 Å². The largest absolute Gasteiger partial charge is 0.560 e. The molecule has 0 aliphatic heterocycles.